The quantitative estimate of drug-likeness (QED) is 0.392. The predicted octanol–water partition coefficient (Wildman–Crippen LogP) is 5.52. The van der Waals surface area contributed by atoms with Crippen molar-refractivity contribution in [2.45, 2.75) is 26.8 Å². The number of aryl methyl sites for hydroxylation is 2. The fourth-order valence-electron chi connectivity index (χ4n) is 3.35. The number of thiazole rings is 1. The zero-order chi connectivity index (χ0) is 23.4. The number of hydrogen-bond acceptors (Lipinski definition) is 5. The number of amides is 2. The van der Waals surface area contributed by atoms with Gasteiger partial charge < -0.3 is 9.73 Å². The Labute approximate surface area is 194 Å². The van der Waals surface area contributed by atoms with Gasteiger partial charge >= 0.3 is 0 Å². The Morgan fingerprint density at radius 2 is 1.91 bits per heavy atom. The number of nitrogens with zero attached hydrogens (tertiary/aromatic N) is 2. The normalized spacial score (nSPS) is 10.8. The van der Waals surface area contributed by atoms with Crippen molar-refractivity contribution in [1.82, 2.24) is 4.98 Å². The molecular weight excluding hydrogens is 441 g/mol. The van der Waals surface area contributed by atoms with Crippen LogP contribution in [0.2, 0.25) is 0 Å². The van der Waals surface area contributed by atoms with E-state index in [0.29, 0.717) is 22.1 Å². The van der Waals surface area contributed by atoms with Gasteiger partial charge in [-0.2, -0.15) is 0 Å². The average Bonchev–Trinajstić information content (AvgIpc) is 3.46. The van der Waals surface area contributed by atoms with E-state index in [1.54, 1.807) is 17.5 Å². The molecule has 4 aromatic rings. The highest BCUT2D eigenvalue weighted by molar-refractivity contribution is 7.14. The van der Waals surface area contributed by atoms with Gasteiger partial charge in [0.15, 0.2) is 5.13 Å². The van der Waals surface area contributed by atoms with Crippen LogP contribution < -0.4 is 10.2 Å². The highest BCUT2D eigenvalue weighted by Crippen LogP contribution is 2.26. The molecule has 0 unspecified atom stereocenters. The van der Waals surface area contributed by atoms with Gasteiger partial charge in [-0.15, -0.1) is 11.3 Å². The topological polar surface area (TPSA) is 75.4 Å². The Hall–Kier alpha value is -3.78. The number of hydrogen-bond donors (Lipinski definition) is 1. The summed E-state index contributed by atoms with van der Waals surface area (Å²) in [5.41, 5.74) is 3.74. The first-order valence-electron chi connectivity index (χ1n) is 10.3. The van der Waals surface area contributed by atoms with E-state index < -0.39 is 5.82 Å². The van der Waals surface area contributed by atoms with E-state index in [2.05, 4.69) is 10.3 Å². The summed E-state index contributed by atoms with van der Waals surface area (Å²) in [5.74, 6) is -0.376. The third-order valence-corrected chi connectivity index (χ3v) is 5.91. The summed E-state index contributed by atoms with van der Waals surface area (Å²) >= 11 is 1.26. The molecular formula is C25H22FN3O3S. The van der Waals surface area contributed by atoms with Crippen molar-refractivity contribution in [3.63, 3.8) is 0 Å². The molecule has 2 aromatic heterocycles. The molecule has 0 aliphatic rings. The standard InChI is InChI=1S/C25H22FN3O3S/c1-16-5-10-22(17(2)12-16)28-23(30)13-20-15-33-25(27-20)29(14-21-4-3-11-32-21)24(31)18-6-8-19(26)9-7-18/h3-12,15H,13-14H2,1-2H3,(H,28,30). The molecule has 0 atom stereocenters. The minimum atomic E-state index is -0.421. The number of halogens is 1. The van der Waals surface area contributed by atoms with E-state index in [0.717, 1.165) is 16.8 Å². The summed E-state index contributed by atoms with van der Waals surface area (Å²) < 4.78 is 18.7. The Morgan fingerprint density at radius 3 is 2.61 bits per heavy atom. The van der Waals surface area contributed by atoms with Crippen LogP contribution in [0.4, 0.5) is 15.2 Å². The van der Waals surface area contributed by atoms with Gasteiger partial charge in [0.25, 0.3) is 5.91 Å². The zero-order valence-corrected chi connectivity index (χ0v) is 19.0. The summed E-state index contributed by atoms with van der Waals surface area (Å²) in [7, 11) is 0. The molecule has 4 rings (SSSR count). The first kappa shape index (κ1) is 22.4. The molecule has 0 aliphatic carbocycles. The Bertz CT molecular complexity index is 1270. The van der Waals surface area contributed by atoms with Gasteiger partial charge in [-0.1, -0.05) is 17.7 Å². The average molecular weight is 464 g/mol. The number of carbonyl (C=O) groups excluding carboxylic acids is 2. The van der Waals surface area contributed by atoms with Crippen molar-refractivity contribution in [1.29, 1.82) is 0 Å². The molecule has 168 valence electrons. The Morgan fingerprint density at radius 1 is 1.12 bits per heavy atom. The smallest absolute Gasteiger partial charge is 0.260 e. The second kappa shape index (κ2) is 9.79. The van der Waals surface area contributed by atoms with E-state index in [9.17, 15) is 14.0 Å². The first-order chi connectivity index (χ1) is 15.9. The van der Waals surface area contributed by atoms with Gasteiger partial charge in [-0.25, -0.2) is 9.37 Å². The number of benzene rings is 2. The molecule has 6 nitrogen and oxygen atoms in total. The summed E-state index contributed by atoms with van der Waals surface area (Å²) in [4.78, 5) is 31.7. The molecule has 0 spiro atoms. The molecule has 0 radical (unpaired) electrons. The van der Waals surface area contributed by atoms with Gasteiger partial charge in [-0.3, -0.25) is 14.5 Å². The Kier molecular flexibility index (Phi) is 6.65. The lowest BCUT2D eigenvalue weighted by molar-refractivity contribution is -0.115. The zero-order valence-electron chi connectivity index (χ0n) is 18.2. The molecule has 33 heavy (non-hydrogen) atoms. The van der Waals surface area contributed by atoms with Crippen LogP contribution in [0.15, 0.2) is 70.7 Å². The molecule has 2 aromatic carbocycles. The molecule has 2 heterocycles. The van der Waals surface area contributed by atoms with Crippen LogP contribution in [0, 0.1) is 19.7 Å². The van der Waals surface area contributed by atoms with Crippen LogP contribution in [0.5, 0.6) is 0 Å². The summed E-state index contributed by atoms with van der Waals surface area (Å²) in [6.45, 7) is 4.10. The molecule has 0 fully saturated rings. The van der Waals surface area contributed by atoms with Crippen LogP contribution in [-0.2, 0) is 17.8 Å². The number of aromatic nitrogens is 1. The van der Waals surface area contributed by atoms with Crippen molar-refractivity contribution in [2.75, 3.05) is 10.2 Å². The maximum Gasteiger partial charge on any atom is 0.260 e. The maximum absolute atomic E-state index is 13.3. The fourth-order valence-corrected chi connectivity index (χ4v) is 4.17. The van der Waals surface area contributed by atoms with Crippen molar-refractivity contribution >= 4 is 34.0 Å². The van der Waals surface area contributed by atoms with E-state index in [4.69, 9.17) is 4.42 Å². The first-order valence-corrected chi connectivity index (χ1v) is 11.2. The number of furan rings is 1. The number of anilines is 2. The predicted molar refractivity (Wildman–Crippen MR) is 126 cm³/mol. The molecule has 8 heteroatoms. The van der Waals surface area contributed by atoms with E-state index in [-0.39, 0.29) is 24.8 Å². The number of carbonyl (C=O) groups is 2. The van der Waals surface area contributed by atoms with Crippen molar-refractivity contribution in [3.05, 3.63) is 100 Å². The van der Waals surface area contributed by atoms with E-state index in [1.807, 2.05) is 32.0 Å². The third kappa shape index (κ3) is 5.53. The maximum atomic E-state index is 13.3. The summed E-state index contributed by atoms with van der Waals surface area (Å²) in [6, 6.07) is 14.7. The van der Waals surface area contributed by atoms with Crippen molar-refractivity contribution < 1.29 is 18.4 Å². The number of rotatable bonds is 7. The highest BCUT2D eigenvalue weighted by Gasteiger charge is 2.23. The van der Waals surface area contributed by atoms with Crippen LogP contribution in [0.1, 0.15) is 32.9 Å². The highest BCUT2D eigenvalue weighted by atomic mass is 32.1. The monoisotopic (exact) mass is 463 g/mol. The Balaban J connectivity index is 1.52. The fraction of sp³-hybridized carbons (Fsp3) is 0.160. The largest absolute Gasteiger partial charge is 0.467 e. The summed E-state index contributed by atoms with van der Waals surface area (Å²) in [6.07, 6.45) is 1.60. The second-order valence-corrected chi connectivity index (χ2v) is 8.48. The van der Waals surface area contributed by atoms with Gasteiger partial charge in [0.05, 0.1) is 24.9 Å². The van der Waals surface area contributed by atoms with E-state index in [1.165, 1.54) is 46.8 Å². The van der Waals surface area contributed by atoms with Crippen LogP contribution >= 0.6 is 11.3 Å². The lowest BCUT2D eigenvalue weighted by atomic mass is 10.1. The SMILES string of the molecule is Cc1ccc(NC(=O)Cc2csc(N(Cc3ccco3)C(=O)c3ccc(F)cc3)n2)c(C)c1. The molecule has 0 aliphatic heterocycles. The molecule has 2 amide bonds. The van der Waals surface area contributed by atoms with E-state index >= 15 is 0 Å². The lowest BCUT2D eigenvalue weighted by Crippen LogP contribution is -2.30. The molecule has 0 bridgehead atoms. The molecule has 0 saturated heterocycles. The molecule has 0 saturated carbocycles. The van der Waals surface area contributed by atoms with Crippen LogP contribution in [0.25, 0.3) is 0 Å². The minimum Gasteiger partial charge on any atom is -0.467 e. The van der Waals surface area contributed by atoms with Gasteiger partial charge in [0, 0.05) is 16.6 Å². The van der Waals surface area contributed by atoms with Crippen LogP contribution in [0.3, 0.4) is 0 Å². The van der Waals surface area contributed by atoms with Gasteiger partial charge in [0.2, 0.25) is 5.91 Å². The van der Waals surface area contributed by atoms with Crippen molar-refractivity contribution in [3.8, 4) is 0 Å². The lowest BCUT2D eigenvalue weighted by Gasteiger charge is -2.19. The molecule has 1 N–H and O–H groups in total. The second-order valence-electron chi connectivity index (χ2n) is 7.64. The summed E-state index contributed by atoms with van der Waals surface area (Å²) in [5, 5.41) is 5.09. The third-order valence-electron chi connectivity index (χ3n) is 5.00. The number of nitrogens with one attached hydrogen (secondary N) is 1. The van der Waals surface area contributed by atoms with Gasteiger partial charge in [-0.05, 0) is 61.9 Å². The van der Waals surface area contributed by atoms with Crippen molar-refractivity contribution in [2.24, 2.45) is 0 Å². The van der Waals surface area contributed by atoms with Crippen LogP contribution in [-0.4, -0.2) is 16.8 Å². The minimum absolute atomic E-state index is 0.0726. The van der Waals surface area contributed by atoms with Gasteiger partial charge in [0.1, 0.15) is 11.6 Å².